The summed E-state index contributed by atoms with van der Waals surface area (Å²) in [6, 6.07) is 14.9. The number of carbonyl (C=O) groups excluding carboxylic acids is 1. The van der Waals surface area contributed by atoms with Crippen LogP contribution in [0.1, 0.15) is 39.2 Å². The second-order valence-corrected chi connectivity index (χ2v) is 9.54. The van der Waals surface area contributed by atoms with Gasteiger partial charge in [-0.3, -0.25) is 14.9 Å². The molecule has 1 aromatic heterocycles. The predicted octanol–water partition coefficient (Wildman–Crippen LogP) is 5.01. The topological polar surface area (TPSA) is 73.5 Å². The molecule has 170 valence electrons. The summed E-state index contributed by atoms with van der Waals surface area (Å²) in [5.41, 5.74) is 3.87. The number of carbonyl (C=O) groups is 1. The number of H-pyrrole nitrogens is 1. The SMILES string of the molecule is COC(=O)N(c1cccc(CN2CCCC(Nc3ccc4[nH]ncc4c3)C2)c1)C(C)(C)C. The number of fused-ring (bicyclic) bond motifs is 1. The van der Waals surface area contributed by atoms with Gasteiger partial charge in [-0.1, -0.05) is 12.1 Å². The van der Waals surface area contributed by atoms with Gasteiger partial charge in [0.25, 0.3) is 0 Å². The van der Waals surface area contributed by atoms with E-state index in [0.717, 1.165) is 54.8 Å². The fraction of sp³-hybridized carbons (Fsp3) is 0.440. The molecule has 7 heteroatoms. The van der Waals surface area contributed by atoms with Crippen LogP contribution < -0.4 is 10.2 Å². The number of nitrogens with zero attached hydrogens (tertiary/aromatic N) is 3. The van der Waals surface area contributed by atoms with Crippen LogP contribution in [0, 0.1) is 0 Å². The Labute approximate surface area is 189 Å². The van der Waals surface area contributed by atoms with Gasteiger partial charge in [-0.15, -0.1) is 0 Å². The van der Waals surface area contributed by atoms with Crippen LogP contribution in [-0.2, 0) is 11.3 Å². The third kappa shape index (κ3) is 5.05. The molecule has 2 heterocycles. The highest BCUT2D eigenvalue weighted by atomic mass is 16.5. The fourth-order valence-electron chi connectivity index (χ4n) is 4.50. The first-order valence-corrected chi connectivity index (χ1v) is 11.2. The van der Waals surface area contributed by atoms with Gasteiger partial charge in [-0.25, -0.2) is 4.79 Å². The number of methoxy groups -OCH3 is 1. The fourth-order valence-corrected chi connectivity index (χ4v) is 4.50. The number of nitrogens with one attached hydrogen (secondary N) is 2. The van der Waals surface area contributed by atoms with Crippen LogP contribution >= 0.6 is 0 Å². The van der Waals surface area contributed by atoms with Crippen molar-refractivity contribution in [1.82, 2.24) is 15.1 Å². The summed E-state index contributed by atoms with van der Waals surface area (Å²) >= 11 is 0. The number of anilines is 2. The van der Waals surface area contributed by atoms with Crippen molar-refractivity contribution in [2.75, 3.05) is 30.4 Å². The van der Waals surface area contributed by atoms with Crippen molar-refractivity contribution in [3.8, 4) is 0 Å². The van der Waals surface area contributed by atoms with E-state index in [1.54, 1.807) is 4.90 Å². The number of hydrogen-bond donors (Lipinski definition) is 2. The van der Waals surface area contributed by atoms with Gasteiger partial charge in [0.1, 0.15) is 0 Å². The van der Waals surface area contributed by atoms with Crippen molar-refractivity contribution in [3.05, 3.63) is 54.2 Å². The first kappa shape index (κ1) is 22.1. The largest absolute Gasteiger partial charge is 0.452 e. The Balaban J connectivity index is 1.43. The minimum atomic E-state index is -0.373. The molecule has 1 saturated heterocycles. The van der Waals surface area contributed by atoms with Crippen LogP contribution in [0.4, 0.5) is 16.2 Å². The van der Waals surface area contributed by atoms with Crippen LogP contribution in [0.15, 0.2) is 48.7 Å². The smallest absolute Gasteiger partial charge is 0.414 e. The van der Waals surface area contributed by atoms with Crippen LogP contribution in [0.25, 0.3) is 10.9 Å². The average Bonchev–Trinajstić information content (AvgIpc) is 3.21. The first-order valence-electron chi connectivity index (χ1n) is 11.2. The van der Waals surface area contributed by atoms with Crippen molar-refractivity contribution in [2.24, 2.45) is 0 Å². The van der Waals surface area contributed by atoms with Crippen molar-refractivity contribution < 1.29 is 9.53 Å². The number of benzene rings is 2. The van der Waals surface area contributed by atoms with Gasteiger partial charge in [0.15, 0.2) is 0 Å². The number of likely N-dealkylation sites (tertiary alicyclic amines) is 1. The molecule has 0 bridgehead atoms. The molecule has 0 spiro atoms. The van der Waals surface area contributed by atoms with Gasteiger partial charge in [0.2, 0.25) is 0 Å². The summed E-state index contributed by atoms with van der Waals surface area (Å²) in [7, 11) is 1.43. The maximum Gasteiger partial charge on any atom is 0.414 e. The number of piperidine rings is 1. The molecule has 7 nitrogen and oxygen atoms in total. The van der Waals surface area contributed by atoms with E-state index in [1.165, 1.54) is 12.7 Å². The highest BCUT2D eigenvalue weighted by Crippen LogP contribution is 2.27. The Hall–Kier alpha value is -3.06. The van der Waals surface area contributed by atoms with Crippen LogP contribution in [-0.4, -0.2) is 53.0 Å². The summed E-state index contributed by atoms with van der Waals surface area (Å²) in [5.74, 6) is 0. The highest BCUT2D eigenvalue weighted by molar-refractivity contribution is 5.89. The summed E-state index contributed by atoms with van der Waals surface area (Å²) in [6.07, 6.45) is 3.82. The number of amides is 1. The molecule has 1 aliphatic heterocycles. The number of aromatic nitrogens is 2. The maximum atomic E-state index is 12.4. The number of rotatable bonds is 5. The first-order chi connectivity index (χ1) is 15.3. The Bertz CT molecular complexity index is 1070. The molecule has 1 amide bonds. The molecule has 1 atom stereocenters. The lowest BCUT2D eigenvalue weighted by Crippen LogP contribution is -2.46. The molecule has 1 fully saturated rings. The monoisotopic (exact) mass is 435 g/mol. The Kier molecular flexibility index (Phi) is 6.37. The van der Waals surface area contributed by atoms with Gasteiger partial charge < -0.3 is 10.1 Å². The van der Waals surface area contributed by atoms with E-state index in [9.17, 15) is 4.79 Å². The van der Waals surface area contributed by atoms with Gasteiger partial charge in [0, 0.05) is 41.4 Å². The quantitative estimate of drug-likeness (QED) is 0.589. The zero-order valence-corrected chi connectivity index (χ0v) is 19.4. The molecule has 1 unspecified atom stereocenters. The van der Waals surface area contributed by atoms with E-state index in [0.29, 0.717) is 6.04 Å². The summed E-state index contributed by atoms with van der Waals surface area (Å²) in [5, 5.41) is 11.9. The molecule has 2 N–H and O–H groups in total. The van der Waals surface area contributed by atoms with Gasteiger partial charge >= 0.3 is 6.09 Å². The normalized spacial score (nSPS) is 17.3. The van der Waals surface area contributed by atoms with Gasteiger partial charge in [-0.2, -0.15) is 5.10 Å². The van der Waals surface area contributed by atoms with Crippen molar-refractivity contribution in [1.29, 1.82) is 0 Å². The lowest BCUT2D eigenvalue weighted by molar-refractivity contribution is 0.172. The molecular formula is C25H33N5O2. The van der Waals surface area contributed by atoms with Crippen molar-refractivity contribution in [3.63, 3.8) is 0 Å². The maximum absolute atomic E-state index is 12.4. The molecule has 32 heavy (non-hydrogen) atoms. The molecule has 3 aromatic rings. The lowest BCUT2D eigenvalue weighted by Gasteiger charge is -2.35. The van der Waals surface area contributed by atoms with Crippen molar-refractivity contribution in [2.45, 2.75) is 51.7 Å². The summed E-state index contributed by atoms with van der Waals surface area (Å²) in [4.78, 5) is 16.6. The van der Waals surface area contributed by atoms with E-state index in [2.05, 4.69) is 50.7 Å². The lowest BCUT2D eigenvalue weighted by atomic mass is 10.0. The van der Waals surface area contributed by atoms with Gasteiger partial charge in [-0.05, 0) is 76.1 Å². The molecular weight excluding hydrogens is 402 g/mol. The predicted molar refractivity (Wildman–Crippen MR) is 129 cm³/mol. The minimum Gasteiger partial charge on any atom is -0.452 e. The molecule has 0 aliphatic carbocycles. The Morgan fingerprint density at radius 1 is 1.28 bits per heavy atom. The van der Waals surface area contributed by atoms with Gasteiger partial charge in [0.05, 0.1) is 18.8 Å². The Morgan fingerprint density at radius 2 is 2.12 bits per heavy atom. The van der Waals surface area contributed by atoms with E-state index in [-0.39, 0.29) is 11.6 Å². The second kappa shape index (κ2) is 9.20. The molecule has 0 radical (unpaired) electrons. The second-order valence-electron chi connectivity index (χ2n) is 9.54. The zero-order valence-electron chi connectivity index (χ0n) is 19.4. The summed E-state index contributed by atoms with van der Waals surface area (Å²) in [6.45, 7) is 8.94. The number of hydrogen-bond acceptors (Lipinski definition) is 5. The molecule has 0 saturated carbocycles. The zero-order chi connectivity index (χ0) is 22.7. The van der Waals surface area contributed by atoms with Crippen LogP contribution in [0.5, 0.6) is 0 Å². The van der Waals surface area contributed by atoms with Crippen LogP contribution in [0.2, 0.25) is 0 Å². The number of aromatic amines is 1. The standard InChI is InChI=1S/C25H33N5O2/c1-25(2,3)30(24(31)32-4)22-9-5-7-18(13-22)16-29-12-6-8-21(17-29)27-20-10-11-23-19(14-20)15-26-28-23/h5,7,9-11,13-15,21,27H,6,8,12,16-17H2,1-4H3,(H,26,28). The van der Waals surface area contributed by atoms with E-state index in [4.69, 9.17) is 4.74 Å². The minimum absolute atomic E-state index is 0.341. The molecule has 1 aliphatic rings. The summed E-state index contributed by atoms with van der Waals surface area (Å²) < 4.78 is 5.04. The Morgan fingerprint density at radius 3 is 2.91 bits per heavy atom. The van der Waals surface area contributed by atoms with E-state index in [1.807, 2.05) is 39.1 Å². The number of ether oxygens (including phenoxy) is 1. The van der Waals surface area contributed by atoms with E-state index >= 15 is 0 Å². The molecule has 2 aromatic carbocycles. The highest BCUT2D eigenvalue weighted by Gasteiger charge is 2.29. The third-order valence-corrected chi connectivity index (χ3v) is 5.92. The molecule has 4 rings (SSSR count). The van der Waals surface area contributed by atoms with Crippen LogP contribution in [0.3, 0.4) is 0 Å². The third-order valence-electron chi connectivity index (χ3n) is 5.92. The average molecular weight is 436 g/mol. The van der Waals surface area contributed by atoms with Crippen molar-refractivity contribution >= 4 is 28.4 Å². The van der Waals surface area contributed by atoms with E-state index < -0.39 is 0 Å².